The van der Waals surface area contributed by atoms with E-state index in [1.165, 1.54) is 43.4 Å². The number of fused-ring (bicyclic) bond motifs is 9. The van der Waals surface area contributed by atoms with Gasteiger partial charge in [0.1, 0.15) is 11.3 Å². The van der Waals surface area contributed by atoms with Gasteiger partial charge in [-0.3, -0.25) is 0 Å². The molecule has 3 heterocycles. The number of hydrogen-bond acceptors (Lipinski definition) is 3. The average molecular weight is 590 g/mol. The first-order valence-electron chi connectivity index (χ1n) is 15.7. The molecule has 10 rings (SSSR count). The van der Waals surface area contributed by atoms with Gasteiger partial charge in [0.15, 0.2) is 6.17 Å². The summed E-state index contributed by atoms with van der Waals surface area (Å²) in [6.45, 7) is 0. The number of nitrogens with one attached hydrogen (secondary N) is 1. The van der Waals surface area contributed by atoms with Crippen LogP contribution in [-0.2, 0) is 0 Å². The number of rotatable bonds is 3. The molecule has 0 amide bonds. The van der Waals surface area contributed by atoms with E-state index in [-0.39, 0.29) is 6.17 Å². The Bertz CT molecular complexity index is 2660. The Morgan fingerprint density at radius 3 is 2.00 bits per heavy atom. The number of furan rings is 1. The zero-order valence-corrected chi connectivity index (χ0v) is 24.8. The Labute approximate surface area is 264 Å². The second kappa shape index (κ2) is 9.68. The van der Waals surface area contributed by atoms with Crippen LogP contribution in [-0.4, -0.2) is 10.3 Å². The maximum atomic E-state index is 6.41. The van der Waals surface area contributed by atoms with Crippen LogP contribution in [0.4, 0.5) is 11.6 Å². The zero-order valence-electron chi connectivity index (χ0n) is 24.8. The maximum Gasteiger partial charge on any atom is 0.222 e. The van der Waals surface area contributed by atoms with Crippen molar-refractivity contribution < 1.29 is 4.42 Å². The van der Waals surface area contributed by atoms with E-state index in [0.717, 1.165) is 39.0 Å². The molecule has 0 fully saturated rings. The first kappa shape index (κ1) is 25.2. The third-order valence-electron chi connectivity index (χ3n) is 9.43. The fourth-order valence-corrected chi connectivity index (χ4v) is 7.27. The van der Waals surface area contributed by atoms with Crippen molar-refractivity contribution in [3.63, 3.8) is 0 Å². The molecule has 1 aliphatic rings. The number of aromatic nitrogens is 1. The van der Waals surface area contributed by atoms with E-state index in [2.05, 4.69) is 143 Å². The summed E-state index contributed by atoms with van der Waals surface area (Å²) in [6, 6.07) is 53.9. The van der Waals surface area contributed by atoms with Crippen molar-refractivity contribution in [1.29, 1.82) is 0 Å². The predicted octanol–water partition coefficient (Wildman–Crippen LogP) is 11.3. The minimum Gasteiger partial charge on any atom is -0.438 e. The minimum atomic E-state index is -0.321. The largest absolute Gasteiger partial charge is 0.438 e. The minimum absolute atomic E-state index is 0.321. The fourth-order valence-electron chi connectivity index (χ4n) is 7.27. The smallest absolute Gasteiger partial charge is 0.222 e. The van der Waals surface area contributed by atoms with Crippen molar-refractivity contribution in [1.82, 2.24) is 4.57 Å². The van der Waals surface area contributed by atoms with Gasteiger partial charge in [-0.1, -0.05) is 121 Å². The standard InChI is InChI=1S/C42H27N3O/c1-2-10-26(11-3-1)27-18-20-29(21-19-27)39-41(44-42-40(43-39)33-16-8-9-17-37(33)46-42)45-35-23-22-28-12-6-7-15-32(28)38(35)34-24-30-13-4-5-14-31(30)25-36(34)45/h1-25,41,44H. The van der Waals surface area contributed by atoms with Gasteiger partial charge < -0.3 is 14.3 Å². The molecule has 2 aromatic heterocycles. The summed E-state index contributed by atoms with van der Waals surface area (Å²) in [6.07, 6.45) is -0.321. The summed E-state index contributed by atoms with van der Waals surface area (Å²) in [5.41, 5.74) is 8.33. The number of anilines is 1. The summed E-state index contributed by atoms with van der Waals surface area (Å²) in [7, 11) is 0. The first-order chi connectivity index (χ1) is 22.8. The number of hydrogen-bond donors (Lipinski definition) is 1. The third kappa shape index (κ3) is 3.71. The van der Waals surface area contributed by atoms with Crippen LogP contribution >= 0.6 is 0 Å². The van der Waals surface area contributed by atoms with Crippen molar-refractivity contribution in [2.75, 3.05) is 5.32 Å². The van der Waals surface area contributed by atoms with Gasteiger partial charge in [-0.05, 0) is 63.0 Å². The summed E-state index contributed by atoms with van der Waals surface area (Å²) in [5.74, 6) is 0.687. The number of benzene rings is 7. The number of nitrogens with zero attached hydrogens (tertiary/aromatic N) is 2. The lowest BCUT2D eigenvalue weighted by molar-refractivity contribution is 0.604. The van der Waals surface area contributed by atoms with Gasteiger partial charge in [0.25, 0.3) is 0 Å². The lowest BCUT2D eigenvalue weighted by atomic mass is 10.00. The predicted molar refractivity (Wildman–Crippen MR) is 191 cm³/mol. The van der Waals surface area contributed by atoms with Gasteiger partial charge >= 0.3 is 0 Å². The van der Waals surface area contributed by atoms with Gasteiger partial charge in [0, 0.05) is 21.7 Å². The first-order valence-corrected chi connectivity index (χ1v) is 15.7. The van der Waals surface area contributed by atoms with Crippen LogP contribution in [0, 0.1) is 0 Å². The van der Waals surface area contributed by atoms with E-state index in [4.69, 9.17) is 9.41 Å². The topological polar surface area (TPSA) is 42.5 Å². The van der Waals surface area contributed by atoms with Gasteiger partial charge in [0.05, 0.1) is 16.7 Å². The quantitative estimate of drug-likeness (QED) is 0.223. The molecule has 46 heavy (non-hydrogen) atoms. The van der Waals surface area contributed by atoms with Crippen LogP contribution in [0.3, 0.4) is 0 Å². The monoisotopic (exact) mass is 589 g/mol. The molecule has 216 valence electrons. The molecular formula is C42H27N3O. The second-order valence-corrected chi connectivity index (χ2v) is 12.0. The maximum absolute atomic E-state index is 6.41. The van der Waals surface area contributed by atoms with Gasteiger partial charge in [-0.25, -0.2) is 4.99 Å². The van der Waals surface area contributed by atoms with Crippen molar-refractivity contribution in [2.24, 2.45) is 4.99 Å². The molecule has 7 aromatic carbocycles. The van der Waals surface area contributed by atoms with Gasteiger partial charge in [0.2, 0.25) is 5.88 Å². The second-order valence-electron chi connectivity index (χ2n) is 12.0. The van der Waals surface area contributed by atoms with Gasteiger partial charge in [-0.2, -0.15) is 0 Å². The molecule has 0 saturated carbocycles. The van der Waals surface area contributed by atoms with Crippen LogP contribution in [0.5, 0.6) is 0 Å². The Kier molecular flexibility index (Phi) is 5.31. The van der Waals surface area contributed by atoms with Crippen molar-refractivity contribution in [2.45, 2.75) is 6.17 Å². The Morgan fingerprint density at radius 2 is 1.17 bits per heavy atom. The number of para-hydroxylation sites is 1. The highest BCUT2D eigenvalue weighted by molar-refractivity contribution is 6.24. The molecule has 1 atom stereocenters. The highest BCUT2D eigenvalue weighted by atomic mass is 16.4. The van der Waals surface area contributed by atoms with E-state index in [9.17, 15) is 0 Å². The molecule has 4 nitrogen and oxygen atoms in total. The molecule has 0 aliphatic carbocycles. The lowest BCUT2D eigenvalue weighted by Gasteiger charge is -2.28. The third-order valence-corrected chi connectivity index (χ3v) is 9.43. The highest BCUT2D eigenvalue weighted by Crippen LogP contribution is 2.46. The van der Waals surface area contributed by atoms with Crippen molar-refractivity contribution in [3.8, 4) is 11.1 Å². The van der Waals surface area contributed by atoms with Crippen molar-refractivity contribution >= 4 is 71.6 Å². The van der Waals surface area contributed by atoms with E-state index >= 15 is 0 Å². The van der Waals surface area contributed by atoms with E-state index in [1.54, 1.807) is 0 Å². The van der Waals surface area contributed by atoms with Crippen LogP contribution in [0.25, 0.3) is 65.4 Å². The SMILES string of the molecule is c1ccc(-c2ccc(C3=Nc4c(oc5ccccc45)NC3n3c4cc5ccccc5cc4c4c5ccccc5ccc43)cc2)cc1. The summed E-state index contributed by atoms with van der Waals surface area (Å²) in [4.78, 5) is 5.42. The summed E-state index contributed by atoms with van der Waals surface area (Å²) >= 11 is 0. The van der Waals surface area contributed by atoms with Crippen LogP contribution in [0.1, 0.15) is 11.7 Å². The van der Waals surface area contributed by atoms with Crippen LogP contribution in [0.15, 0.2) is 161 Å². The summed E-state index contributed by atoms with van der Waals surface area (Å²) < 4.78 is 8.83. The van der Waals surface area contributed by atoms with Crippen LogP contribution in [0.2, 0.25) is 0 Å². The summed E-state index contributed by atoms with van der Waals surface area (Å²) in [5, 5.41) is 12.2. The molecule has 0 saturated heterocycles. The molecule has 1 N–H and O–H groups in total. The molecule has 0 spiro atoms. The Morgan fingerprint density at radius 1 is 0.522 bits per heavy atom. The van der Waals surface area contributed by atoms with Crippen LogP contribution < -0.4 is 5.32 Å². The highest BCUT2D eigenvalue weighted by Gasteiger charge is 2.32. The van der Waals surface area contributed by atoms with E-state index in [0.29, 0.717) is 5.88 Å². The molecule has 9 aromatic rings. The fraction of sp³-hybridized carbons (Fsp3) is 0.0238. The Hall–Kier alpha value is -6.13. The molecule has 0 bridgehead atoms. The van der Waals surface area contributed by atoms with E-state index < -0.39 is 0 Å². The molecule has 4 heteroatoms. The molecule has 0 radical (unpaired) electrons. The van der Waals surface area contributed by atoms with Crippen molar-refractivity contribution in [3.05, 3.63) is 157 Å². The average Bonchev–Trinajstić information content (AvgIpc) is 3.65. The van der Waals surface area contributed by atoms with Gasteiger partial charge in [-0.15, -0.1) is 0 Å². The molecule has 1 aliphatic heterocycles. The molecular weight excluding hydrogens is 562 g/mol. The normalized spacial score (nSPS) is 14.6. The molecule has 1 unspecified atom stereocenters. The Balaban J connectivity index is 1.27. The lowest BCUT2D eigenvalue weighted by Crippen LogP contribution is -2.29. The van der Waals surface area contributed by atoms with E-state index in [1.807, 2.05) is 18.2 Å². The zero-order chi connectivity index (χ0) is 30.2. The number of aliphatic imine (C=N–C) groups is 1.